The van der Waals surface area contributed by atoms with Gasteiger partial charge in [0.25, 0.3) is 0 Å². The van der Waals surface area contributed by atoms with Gasteiger partial charge in [-0.15, -0.1) is 0 Å². The predicted octanol–water partition coefficient (Wildman–Crippen LogP) is 5.40. The lowest BCUT2D eigenvalue weighted by atomic mass is 9.85. The average Bonchev–Trinajstić information content (AvgIpc) is 3.60. The van der Waals surface area contributed by atoms with Crippen molar-refractivity contribution in [3.05, 3.63) is 102 Å². The second kappa shape index (κ2) is 8.99. The molecule has 5 aromatic rings. The first-order valence-corrected chi connectivity index (χ1v) is 14.0. The molecule has 182 valence electrons. The second-order valence-electron chi connectivity index (χ2n) is 9.58. The Morgan fingerprint density at radius 3 is 2.06 bits per heavy atom. The van der Waals surface area contributed by atoms with E-state index in [4.69, 9.17) is 0 Å². The van der Waals surface area contributed by atoms with Crippen LogP contribution in [0.2, 0.25) is 0 Å². The highest BCUT2D eigenvalue weighted by Gasteiger charge is 2.33. The number of para-hydroxylation sites is 3. The largest absolute Gasteiger partial charge is 0.361 e. The number of carbonyl (C=O) groups excluding carboxylic acids is 1. The van der Waals surface area contributed by atoms with Crippen molar-refractivity contribution in [3.63, 3.8) is 0 Å². The zero-order chi connectivity index (χ0) is 24.7. The normalized spacial score (nSPS) is 17.2. The van der Waals surface area contributed by atoms with Gasteiger partial charge in [0.15, 0.2) is 9.84 Å². The Kier molecular flexibility index (Phi) is 5.64. The molecule has 1 aliphatic rings. The van der Waals surface area contributed by atoms with E-state index in [2.05, 4.69) is 64.1 Å². The average molecular weight is 498 g/mol. The van der Waals surface area contributed by atoms with E-state index in [1.54, 1.807) is 0 Å². The minimum absolute atomic E-state index is 0.0298. The third-order valence-electron chi connectivity index (χ3n) is 7.30. The fourth-order valence-electron chi connectivity index (χ4n) is 5.43. The van der Waals surface area contributed by atoms with E-state index in [0.717, 1.165) is 22.3 Å². The molecule has 3 aromatic carbocycles. The molecule has 0 unspecified atom stereocenters. The van der Waals surface area contributed by atoms with Gasteiger partial charge in [0.2, 0.25) is 5.91 Å². The molecule has 0 aliphatic carbocycles. The number of H-pyrrole nitrogens is 2. The second-order valence-corrected chi connectivity index (χ2v) is 11.8. The summed E-state index contributed by atoms with van der Waals surface area (Å²) in [5.41, 5.74) is 6.29. The van der Waals surface area contributed by atoms with Crippen molar-refractivity contribution in [1.29, 1.82) is 0 Å². The summed E-state index contributed by atoms with van der Waals surface area (Å²) in [5.74, 6) is -0.688. The number of amides is 1. The maximum absolute atomic E-state index is 13.0. The zero-order valence-corrected chi connectivity index (χ0v) is 20.5. The van der Waals surface area contributed by atoms with E-state index < -0.39 is 15.8 Å². The first-order chi connectivity index (χ1) is 17.5. The predicted molar refractivity (Wildman–Crippen MR) is 144 cm³/mol. The minimum atomic E-state index is -3.13. The number of hydrogen-bond acceptors (Lipinski definition) is 3. The van der Waals surface area contributed by atoms with Gasteiger partial charge >= 0.3 is 0 Å². The van der Waals surface area contributed by atoms with Gasteiger partial charge in [-0.05, 0) is 47.7 Å². The SMILES string of the molecule is O=C(Nc1ccccc1CC(c1c[nH]c2ccccc12)c1c[nH]c2ccccc12)[C@H]1CCS(=O)(=O)C1. The number of anilines is 1. The molecule has 0 saturated carbocycles. The molecular weight excluding hydrogens is 470 g/mol. The van der Waals surface area contributed by atoms with Gasteiger partial charge in [-0.2, -0.15) is 0 Å². The van der Waals surface area contributed by atoms with Crippen molar-refractivity contribution in [2.24, 2.45) is 5.92 Å². The summed E-state index contributed by atoms with van der Waals surface area (Å²) < 4.78 is 23.8. The number of hydrogen-bond donors (Lipinski definition) is 3. The summed E-state index contributed by atoms with van der Waals surface area (Å²) >= 11 is 0. The summed E-state index contributed by atoms with van der Waals surface area (Å²) in [7, 11) is -3.13. The van der Waals surface area contributed by atoms with Gasteiger partial charge in [0, 0.05) is 45.8 Å². The van der Waals surface area contributed by atoms with E-state index in [0.29, 0.717) is 12.8 Å². The van der Waals surface area contributed by atoms with E-state index in [1.165, 1.54) is 21.9 Å². The van der Waals surface area contributed by atoms with E-state index in [9.17, 15) is 13.2 Å². The summed E-state index contributed by atoms with van der Waals surface area (Å²) in [5, 5.41) is 5.38. The monoisotopic (exact) mass is 497 g/mol. The molecule has 1 atom stereocenters. The van der Waals surface area contributed by atoms with Crippen molar-refractivity contribution >= 4 is 43.2 Å². The Balaban J connectivity index is 1.39. The Bertz CT molecular complexity index is 1610. The molecule has 36 heavy (non-hydrogen) atoms. The molecule has 0 spiro atoms. The number of carbonyl (C=O) groups is 1. The molecule has 7 heteroatoms. The molecule has 6 nitrogen and oxygen atoms in total. The van der Waals surface area contributed by atoms with Crippen molar-refractivity contribution in [2.75, 3.05) is 16.8 Å². The quantitative estimate of drug-likeness (QED) is 0.293. The number of aromatic nitrogens is 2. The van der Waals surface area contributed by atoms with Crippen LogP contribution in [0.5, 0.6) is 0 Å². The summed E-state index contributed by atoms with van der Waals surface area (Å²) in [4.78, 5) is 19.8. The Labute approximate surface area is 209 Å². The van der Waals surface area contributed by atoms with Crippen molar-refractivity contribution in [2.45, 2.75) is 18.8 Å². The van der Waals surface area contributed by atoms with Gasteiger partial charge in [-0.1, -0.05) is 54.6 Å². The third-order valence-corrected chi connectivity index (χ3v) is 9.06. The highest BCUT2D eigenvalue weighted by Crippen LogP contribution is 2.38. The van der Waals surface area contributed by atoms with Crippen LogP contribution in [0.1, 0.15) is 29.0 Å². The summed E-state index contributed by atoms with van der Waals surface area (Å²) in [6, 6.07) is 24.4. The summed E-state index contributed by atoms with van der Waals surface area (Å²) in [6.07, 6.45) is 5.22. The maximum atomic E-state index is 13.0. The highest BCUT2D eigenvalue weighted by atomic mass is 32.2. The van der Waals surface area contributed by atoms with Crippen LogP contribution in [0.25, 0.3) is 21.8 Å². The van der Waals surface area contributed by atoms with Crippen LogP contribution < -0.4 is 5.32 Å². The molecule has 3 N–H and O–H groups in total. The third kappa shape index (κ3) is 4.20. The standard InChI is InChI=1S/C29H27N3O3S/c33-29(20-13-14-36(34,35)18-20)32-26-10-4-1-7-19(26)15-23(24-16-30-27-11-5-2-8-21(24)27)25-17-31-28-12-6-3-9-22(25)28/h1-12,16-17,20,23,30-31H,13-15,18H2,(H,32,33)/t20-/m0/s1. The molecule has 3 heterocycles. The number of fused-ring (bicyclic) bond motifs is 2. The number of benzene rings is 3. The minimum Gasteiger partial charge on any atom is -0.361 e. The molecule has 1 aliphatic heterocycles. The molecule has 1 fully saturated rings. The van der Waals surface area contributed by atoms with Crippen LogP contribution >= 0.6 is 0 Å². The zero-order valence-electron chi connectivity index (χ0n) is 19.7. The topological polar surface area (TPSA) is 94.8 Å². The Hall–Kier alpha value is -3.84. The highest BCUT2D eigenvalue weighted by molar-refractivity contribution is 7.91. The number of rotatable bonds is 6. The van der Waals surface area contributed by atoms with Gasteiger partial charge in [-0.25, -0.2) is 8.42 Å². The van der Waals surface area contributed by atoms with E-state index in [-0.39, 0.29) is 23.3 Å². The Morgan fingerprint density at radius 2 is 1.44 bits per heavy atom. The van der Waals surface area contributed by atoms with Crippen molar-refractivity contribution in [1.82, 2.24) is 9.97 Å². The lowest BCUT2D eigenvalue weighted by Gasteiger charge is -2.20. The maximum Gasteiger partial charge on any atom is 0.228 e. The molecule has 0 bridgehead atoms. The number of nitrogens with one attached hydrogen (secondary N) is 3. The fourth-order valence-corrected chi connectivity index (χ4v) is 7.17. The van der Waals surface area contributed by atoms with E-state index >= 15 is 0 Å². The van der Waals surface area contributed by atoms with Gasteiger partial charge in [0.1, 0.15) is 0 Å². The van der Waals surface area contributed by atoms with Crippen molar-refractivity contribution < 1.29 is 13.2 Å². The molecule has 1 saturated heterocycles. The van der Waals surface area contributed by atoms with Crippen LogP contribution in [-0.2, 0) is 21.1 Å². The lowest BCUT2D eigenvalue weighted by molar-refractivity contribution is -0.119. The Morgan fingerprint density at radius 1 is 0.861 bits per heavy atom. The first kappa shape index (κ1) is 22.6. The van der Waals surface area contributed by atoms with Crippen molar-refractivity contribution in [3.8, 4) is 0 Å². The fraction of sp³-hybridized carbons (Fsp3) is 0.207. The number of aromatic amines is 2. The van der Waals surface area contributed by atoms with Crippen LogP contribution in [0.4, 0.5) is 5.69 Å². The molecule has 2 aromatic heterocycles. The van der Waals surface area contributed by atoms with Gasteiger partial charge in [-0.3, -0.25) is 4.79 Å². The lowest BCUT2D eigenvalue weighted by Crippen LogP contribution is -2.24. The molecule has 6 rings (SSSR count). The molecular formula is C29H27N3O3S. The van der Waals surface area contributed by atoms with Crippen LogP contribution in [0.3, 0.4) is 0 Å². The van der Waals surface area contributed by atoms with Crippen LogP contribution in [0, 0.1) is 5.92 Å². The molecule has 1 amide bonds. The molecule has 0 radical (unpaired) electrons. The van der Waals surface area contributed by atoms with E-state index in [1.807, 2.05) is 36.4 Å². The van der Waals surface area contributed by atoms with Gasteiger partial charge in [0.05, 0.1) is 17.4 Å². The smallest absolute Gasteiger partial charge is 0.228 e. The summed E-state index contributed by atoms with van der Waals surface area (Å²) in [6.45, 7) is 0. The van der Waals surface area contributed by atoms with Gasteiger partial charge < -0.3 is 15.3 Å². The number of sulfone groups is 1. The van der Waals surface area contributed by atoms with Crippen LogP contribution in [0.15, 0.2) is 85.2 Å². The first-order valence-electron chi connectivity index (χ1n) is 12.2. The van der Waals surface area contributed by atoms with Crippen LogP contribution in [-0.4, -0.2) is 35.8 Å².